The lowest BCUT2D eigenvalue weighted by atomic mass is 10.1. The molecule has 0 aliphatic heterocycles. The standard InChI is InChI=1S/C10H12F2N2/c1-7(13-14(2)3)10-8(11)5-4-6-9(10)12/h4-6H,1-3H3/b13-7+. The van der Waals surface area contributed by atoms with Gasteiger partial charge in [-0.25, -0.2) is 8.78 Å². The van der Waals surface area contributed by atoms with Gasteiger partial charge in [-0.15, -0.1) is 0 Å². The molecular weight excluding hydrogens is 186 g/mol. The van der Waals surface area contributed by atoms with Crippen LogP contribution in [0.1, 0.15) is 12.5 Å². The molecule has 1 rings (SSSR count). The van der Waals surface area contributed by atoms with Gasteiger partial charge in [0.1, 0.15) is 11.6 Å². The molecule has 0 heterocycles. The predicted molar refractivity (Wildman–Crippen MR) is 52.3 cm³/mol. The van der Waals surface area contributed by atoms with Crippen LogP contribution in [0, 0.1) is 11.6 Å². The Morgan fingerprint density at radius 1 is 1.21 bits per heavy atom. The smallest absolute Gasteiger partial charge is 0.135 e. The van der Waals surface area contributed by atoms with Crippen molar-refractivity contribution < 1.29 is 8.78 Å². The molecule has 0 aliphatic carbocycles. The van der Waals surface area contributed by atoms with E-state index in [0.717, 1.165) is 0 Å². The van der Waals surface area contributed by atoms with Crippen LogP contribution in [-0.2, 0) is 0 Å². The van der Waals surface area contributed by atoms with E-state index in [9.17, 15) is 8.78 Å². The van der Waals surface area contributed by atoms with Crippen molar-refractivity contribution in [3.05, 3.63) is 35.4 Å². The number of hydrogen-bond donors (Lipinski definition) is 0. The molecule has 2 nitrogen and oxygen atoms in total. The van der Waals surface area contributed by atoms with Gasteiger partial charge in [0.15, 0.2) is 0 Å². The Balaban J connectivity index is 3.18. The fourth-order valence-corrected chi connectivity index (χ4v) is 1.19. The highest BCUT2D eigenvalue weighted by Gasteiger charge is 2.11. The molecule has 0 saturated heterocycles. The quantitative estimate of drug-likeness (QED) is 0.525. The maximum Gasteiger partial charge on any atom is 0.135 e. The molecule has 4 heteroatoms. The van der Waals surface area contributed by atoms with E-state index in [4.69, 9.17) is 0 Å². The van der Waals surface area contributed by atoms with Crippen LogP contribution in [0.4, 0.5) is 8.78 Å². The minimum Gasteiger partial charge on any atom is -0.303 e. The van der Waals surface area contributed by atoms with Crippen molar-refractivity contribution in [3.8, 4) is 0 Å². The minimum absolute atomic E-state index is 0.0683. The van der Waals surface area contributed by atoms with Crippen LogP contribution in [0.2, 0.25) is 0 Å². The summed E-state index contributed by atoms with van der Waals surface area (Å²) in [5.74, 6) is -1.18. The summed E-state index contributed by atoms with van der Waals surface area (Å²) in [4.78, 5) is 0. The predicted octanol–water partition coefficient (Wildman–Crippen LogP) is 2.25. The van der Waals surface area contributed by atoms with Crippen LogP contribution >= 0.6 is 0 Å². The molecule has 0 fully saturated rings. The number of halogens is 2. The SMILES string of the molecule is C/C(=N\N(C)C)c1c(F)cccc1F. The molecule has 0 radical (unpaired) electrons. The van der Waals surface area contributed by atoms with E-state index < -0.39 is 11.6 Å². The highest BCUT2D eigenvalue weighted by atomic mass is 19.1. The summed E-state index contributed by atoms with van der Waals surface area (Å²) in [6, 6.07) is 3.76. The van der Waals surface area contributed by atoms with Crippen molar-refractivity contribution >= 4 is 5.71 Å². The molecule has 76 valence electrons. The molecule has 0 aliphatic rings. The lowest BCUT2D eigenvalue weighted by Crippen LogP contribution is -2.10. The summed E-state index contributed by atoms with van der Waals surface area (Å²) in [7, 11) is 3.39. The van der Waals surface area contributed by atoms with E-state index in [2.05, 4.69) is 5.10 Å². The molecule has 0 bridgehead atoms. The van der Waals surface area contributed by atoms with E-state index >= 15 is 0 Å². The molecule has 0 N–H and O–H groups in total. The summed E-state index contributed by atoms with van der Waals surface area (Å²) in [5, 5.41) is 5.44. The zero-order valence-corrected chi connectivity index (χ0v) is 8.38. The molecule has 1 aromatic rings. The third kappa shape index (κ3) is 2.28. The van der Waals surface area contributed by atoms with Gasteiger partial charge in [-0.1, -0.05) is 6.07 Å². The lowest BCUT2D eigenvalue weighted by molar-refractivity contribution is 0.437. The monoisotopic (exact) mass is 198 g/mol. The fraction of sp³-hybridized carbons (Fsp3) is 0.300. The van der Waals surface area contributed by atoms with Crippen molar-refractivity contribution in [3.63, 3.8) is 0 Å². The number of rotatable bonds is 2. The highest BCUT2D eigenvalue weighted by molar-refractivity contribution is 5.98. The maximum atomic E-state index is 13.2. The van der Waals surface area contributed by atoms with Gasteiger partial charge in [-0.05, 0) is 19.1 Å². The highest BCUT2D eigenvalue weighted by Crippen LogP contribution is 2.13. The average Bonchev–Trinajstić information content (AvgIpc) is 2.01. The van der Waals surface area contributed by atoms with Crippen LogP contribution in [0.3, 0.4) is 0 Å². The number of nitrogens with zero attached hydrogens (tertiary/aromatic N) is 2. The largest absolute Gasteiger partial charge is 0.303 e. The first-order valence-corrected chi connectivity index (χ1v) is 4.19. The van der Waals surface area contributed by atoms with E-state index in [0.29, 0.717) is 5.71 Å². The normalized spacial score (nSPS) is 11.6. The lowest BCUT2D eigenvalue weighted by Gasteiger charge is -2.08. The van der Waals surface area contributed by atoms with Crippen molar-refractivity contribution in [1.82, 2.24) is 5.01 Å². The Hall–Kier alpha value is -1.45. The third-order valence-electron chi connectivity index (χ3n) is 1.67. The molecule has 1 aromatic carbocycles. The van der Waals surface area contributed by atoms with Gasteiger partial charge in [-0.2, -0.15) is 5.10 Å². The van der Waals surface area contributed by atoms with Crippen molar-refractivity contribution in [2.75, 3.05) is 14.1 Å². The fourth-order valence-electron chi connectivity index (χ4n) is 1.19. The van der Waals surface area contributed by atoms with Crippen LogP contribution < -0.4 is 0 Å². The molecular formula is C10H12F2N2. The Morgan fingerprint density at radius 2 is 1.71 bits per heavy atom. The first-order chi connectivity index (χ1) is 6.52. The number of hydrazone groups is 1. The van der Waals surface area contributed by atoms with Crippen LogP contribution in [0.15, 0.2) is 23.3 Å². The zero-order valence-electron chi connectivity index (χ0n) is 8.38. The van der Waals surface area contributed by atoms with Gasteiger partial charge in [0.05, 0.1) is 11.3 Å². The van der Waals surface area contributed by atoms with Crippen LogP contribution in [-0.4, -0.2) is 24.8 Å². The molecule has 0 unspecified atom stereocenters. The summed E-state index contributed by atoms with van der Waals surface area (Å²) < 4.78 is 26.4. The molecule has 14 heavy (non-hydrogen) atoms. The zero-order chi connectivity index (χ0) is 10.7. The summed E-state index contributed by atoms with van der Waals surface area (Å²) in [5.41, 5.74) is 0.256. The van der Waals surface area contributed by atoms with E-state index in [-0.39, 0.29) is 5.56 Å². The Kier molecular flexibility index (Phi) is 3.17. The van der Waals surface area contributed by atoms with E-state index in [1.54, 1.807) is 21.0 Å². The van der Waals surface area contributed by atoms with Gasteiger partial charge >= 0.3 is 0 Å². The first kappa shape index (κ1) is 10.6. The average molecular weight is 198 g/mol. The maximum absolute atomic E-state index is 13.2. The number of benzene rings is 1. The molecule has 0 saturated carbocycles. The van der Waals surface area contributed by atoms with Crippen molar-refractivity contribution in [2.45, 2.75) is 6.92 Å². The van der Waals surface area contributed by atoms with Crippen LogP contribution in [0.5, 0.6) is 0 Å². The van der Waals surface area contributed by atoms with Crippen LogP contribution in [0.25, 0.3) is 0 Å². The van der Waals surface area contributed by atoms with E-state index in [1.807, 2.05) is 0 Å². The molecule has 0 spiro atoms. The summed E-state index contributed by atoms with van der Waals surface area (Å²) >= 11 is 0. The summed E-state index contributed by atoms with van der Waals surface area (Å²) in [6.45, 7) is 1.57. The van der Waals surface area contributed by atoms with Gasteiger partial charge in [-0.3, -0.25) is 0 Å². The minimum atomic E-state index is -0.590. The summed E-state index contributed by atoms with van der Waals surface area (Å²) in [6.07, 6.45) is 0. The molecule has 0 aromatic heterocycles. The van der Waals surface area contributed by atoms with Gasteiger partial charge in [0, 0.05) is 14.1 Å². The van der Waals surface area contributed by atoms with E-state index in [1.165, 1.54) is 23.2 Å². The molecule has 0 atom stereocenters. The second-order valence-corrected chi connectivity index (χ2v) is 3.13. The van der Waals surface area contributed by atoms with Crippen molar-refractivity contribution in [2.24, 2.45) is 5.10 Å². The Bertz CT molecular complexity index is 339. The van der Waals surface area contributed by atoms with Crippen molar-refractivity contribution in [1.29, 1.82) is 0 Å². The second kappa shape index (κ2) is 4.17. The van der Waals surface area contributed by atoms with Gasteiger partial charge in [0.25, 0.3) is 0 Å². The first-order valence-electron chi connectivity index (χ1n) is 4.19. The Labute approximate surface area is 81.8 Å². The topological polar surface area (TPSA) is 15.6 Å². The Morgan fingerprint density at radius 3 is 2.14 bits per heavy atom. The third-order valence-corrected chi connectivity index (χ3v) is 1.67. The van der Waals surface area contributed by atoms with Gasteiger partial charge < -0.3 is 5.01 Å². The second-order valence-electron chi connectivity index (χ2n) is 3.13. The molecule has 0 amide bonds. The number of hydrogen-bond acceptors (Lipinski definition) is 2. The van der Waals surface area contributed by atoms with Gasteiger partial charge in [0.2, 0.25) is 0 Å².